The van der Waals surface area contributed by atoms with Gasteiger partial charge in [0.05, 0.1) is 35.8 Å². The van der Waals surface area contributed by atoms with Crippen LogP contribution in [0.25, 0.3) is 0 Å². The highest BCUT2D eigenvalue weighted by molar-refractivity contribution is 7.89. The van der Waals surface area contributed by atoms with Crippen LogP contribution >= 0.6 is 0 Å². The van der Waals surface area contributed by atoms with E-state index in [1.54, 1.807) is 36.4 Å². The summed E-state index contributed by atoms with van der Waals surface area (Å²) in [6.07, 6.45) is 1.44. The summed E-state index contributed by atoms with van der Waals surface area (Å²) in [7, 11) is -3.64. The van der Waals surface area contributed by atoms with E-state index in [9.17, 15) is 18.0 Å². The molecule has 0 aromatic heterocycles. The lowest BCUT2D eigenvalue weighted by Gasteiger charge is -2.34. The van der Waals surface area contributed by atoms with E-state index in [1.807, 2.05) is 20.8 Å². The number of sulfonamides is 1. The molecule has 2 N–H and O–H groups in total. The molecule has 0 aliphatic carbocycles. The molecule has 1 aliphatic heterocycles. The van der Waals surface area contributed by atoms with Gasteiger partial charge in [-0.3, -0.25) is 4.79 Å². The normalized spacial score (nSPS) is 18.6. The predicted molar refractivity (Wildman–Crippen MR) is 134 cm³/mol. The van der Waals surface area contributed by atoms with Crippen LogP contribution in [0.1, 0.15) is 44.0 Å². The minimum atomic E-state index is -3.64. The van der Waals surface area contributed by atoms with E-state index in [-0.39, 0.29) is 35.5 Å². The van der Waals surface area contributed by atoms with E-state index < -0.39 is 10.0 Å². The van der Waals surface area contributed by atoms with Gasteiger partial charge in [0.2, 0.25) is 15.9 Å². The molecule has 190 valence electrons. The van der Waals surface area contributed by atoms with Crippen LogP contribution in [0.3, 0.4) is 0 Å². The van der Waals surface area contributed by atoms with Gasteiger partial charge in [-0.05, 0) is 68.8 Å². The van der Waals surface area contributed by atoms with Crippen molar-refractivity contribution in [3.8, 4) is 0 Å². The van der Waals surface area contributed by atoms with Gasteiger partial charge in [-0.15, -0.1) is 0 Å². The molecule has 0 unspecified atom stereocenters. The largest absolute Gasteiger partial charge is 0.462 e. The number of amides is 1. The van der Waals surface area contributed by atoms with Crippen molar-refractivity contribution in [3.05, 3.63) is 54.1 Å². The Bertz CT molecular complexity index is 1090. The standard InChI is InChI=1S/C25H33N3O6S/c1-4-5-14-33-25(30)20-6-8-21(9-7-20)26-15-24(29)27-22-10-12-23(13-11-22)35(31,32)28-16-18(2)34-19(3)17-28/h6-13,18-19,26H,4-5,14-17H2,1-3H3,(H,27,29)/t18-,19-/m0/s1. The second-order valence-corrected chi connectivity index (χ2v) is 10.5. The van der Waals surface area contributed by atoms with Gasteiger partial charge >= 0.3 is 5.97 Å². The maximum Gasteiger partial charge on any atom is 0.338 e. The maximum atomic E-state index is 12.9. The Morgan fingerprint density at radius 3 is 2.20 bits per heavy atom. The monoisotopic (exact) mass is 503 g/mol. The van der Waals surface area contributed by atoms with Gasteiger partial charge in [-0.25, -0.2) is 13.2 Å². The zero-order chi connectivity index (χ0) is 25.4. The molecule has 1 heterocycles. The SMILES string of the molecule is CCCCOC(=O)c1ccc(NCC(=O)Nc2ccc(S(=O)(=O)N3C[C@H](C)O[C@@H](C)C3)cc2)cc1. The number of benzene rings is 2. The Morgan fingerprint density at radius 1 is 1.00 bits per heavy atom. The second-order valence-electron chi connectivity index (χ2n) is 8.57. The second kappa shape index (κ2) is 12.1. The van der Waals surface area contributed by atoms with Crippen LogP contribution in [-0.4, -0.2) is 63.0 Å². The van der Waals surface area contributed by atoms with E-state index in [4.69, 9.17) is 9.47 Å². The average Bonchev–Trinajstić information content (AvgIpc) is 2.83. The summed E-state index contributed by atoms with van der Waals surface area (Å²) in [4.78, 5) is 24.4. The van der Waals surface area contributed by atoms with E-state index in [0.29, 0.717) is 36.6 Å². The summed E-state index contributed by atoms with van der Waals surface area (Å²) in [5.74, 6) is -0.662. The lowest BCUT2D eigenvalue weighted by molar-refractivity contribution is -0.114. The molecule has 0 radical (unpaired) electrons. The summed E-state index contributed by atoms with van der Waals surface area (Å²) >= 11 is 0. The third-order valence-corrected chi connectivity index (χ3v) is 7.31. The fourth-order valence-electron chi connectivity index (χ4n) is 3.69. The van der Waals surface area contributed by atoms with Crippen LogP contribution in [0.4, 0.5) is 11.4 Å². The molecule has 1 saturated heterocycles. The molecular formula is C25H33N3O6S. The van der Waals surface area contributed by atoms with Crippen molar-refractivity contribution in [2.75, 3.05) is 36.9 Å². The highest BCUT2D eigenvalue weighted by atomic mass is 32.2. The maximum absolute atomic E-state index is 12.9. The molecule has 1 aliphatic rings. The number of morpholine rings is 1. The van der Waals surface area contributed by atoms with Gasteiger partial charge in [0.1, 0.15) is 0 Å². The van der Waals surface area contributed by atoms with Crippen LogP contribution in [0, 0.1) is 0 Å². The zero-order valence-electron chi connectivity index (χ0n) is 20.3. The first-order chi connectivity index (χ1) is 16.7. The smallest absolute Gasteiger partial charge is 0.338 e. The molecule has 0 bridgehead atoms. The van der Waals surface area contributed by atoms with Gasteiger partial charge in [-0.1, -0.05) is 13.3 Å². The molecule has 0 spiro atoms. The quantitative estimate of drug-likeness (QED) is 0.377. The minimum absolute atomic E-state index is 0.00387. The molecule has 2 aromatic carbocycles. The number of nitrogens with zero attached hydrogens (tertiary/aromatic N) is 1. The number of rotatable bonds is 10. The van der Waals surface area contributed by atoms with E-state index in [1.165, 1.54) is 16.4 Å². The van der Waals surface area contributed by atoms with Crippen molar-refractivity contribution in [3.63, 3.8) is 0 Å². The van der Waals surface area contributed by atoms with Gasteiger partial charge < -0.3 is 20.1 Å². The number of hydrogen-bond donors (Lipinski definition) is 2. The molecule has 2 aromatic rings. The first-order valence-corrected chi connectivity index (χ1v) is 13.2. The lowest BCUT2D eigenvalue weighted by Crippen LogP contribution is -2.48. The van der Waals surface area contributed by atoms with Crippen LogP contribution in [-0.2, 0) is 24.3 Å². The Kier molecular flexibility index (Phi) is 9.25. The van der Waals surface area contributed by atoms with Crippen molar-refractivity contribution in [1.29, 1.82) is 0 Å². The number of carbonyl (C=O) groups is 2. The van der Waals surface area contributed by atoms with Crippen molar-refractivity contribution in [2.45, 2.75) is 50.7 Å². The van der Waals surface area contributed by atoms with Gasteiger partial charge in [-0.2, -0.15) is 4.31 Å². The fourth-order valence-corrected chi connectivity index (χ4v) is 5.28. The molecule has 2 atom stereocenters. The van der Waals surface area contributed by atoms with Crippen molar-refractivity contribution in [2.24, 2.45) is 0 Å². The number of unbranched alkanes of at least 4 members (excludes halogenated alkanes) is 1. The van der Waals surface area contributed by atoms with Gasteiger partial charge in [0.25, 0.3) is 0 Å². The summed E-state index contributed by atoms with van der Waals surface area (Å²) in [5, 5.41) is 5.73. The Morgan fingerprint density at radius 2 is 1.60 bits per heavy atom. The number of ether oxygens (including phenoxy) is 2. The molecule has 1 fully saturated rings. The molecule has 0 saturated carbocycles. The summed E-state index contributed by atoms with van der Waals surface area (Å²) in [6.45, 7) is 6.73. The molecule has 1 amide bonds. The fraction of sp³-hybridized carbons (Fsp3) is 0.440. The Labute approximate surface area is 206 Å². The highest BCUT2D eigenvalue weighted by Crippen LogP contribution is 2.22. The van der Waals surface area contributed by atoms with Crippen LogP contribution in [0.2, 0.25) is 0 Å². The summed E-state index contributed by atoms with van der Waals surface area (Å²) in [5.41, 5.74) is 1.62. The summed E-state index contributed by atoms with van der Waals surface area (Å²) in [6, 6.07) is 12.8. The predicted octanol–water partition coefficient (Wildman–Crippen LogP) is 3.49. The average molecular weight is 504 g/mol. The third kappa shape index (κ3) is 7.51. The first kappa shape index (κ1) is 26.7. The first-order valence-electron chi connectivity index (χ1n) is 11.8. The summed E-state index contributed by atoms with van der Waals surface area (Å²) < 4.78 is 38.1. The topological polar surface area (TPSA) is 114 Å². The molecule has 9 nitrogen and oxygen atoms in total. The van der Waals surface area contributed by atoms with Gasteiger partial charge in [0.15, 0.2) is 0 Å². The van der Waals surface area contributed by atoms with E-state index in [2.05, 4.69) is 10.6 Å². The third-order valence-electron chi connectivity index (χ3n) is 5.47. The Balaban J connectivity index is 1.50. The highest BCUT2D eigenvalue weighted by Gasteiger charge is 2.32. The van der Waals surface area contributed by atoms with Gasteiger partial charge in [0, 0.05) is 24.5 Å². The van der Waals surface area contributed by atoms with Crippen LogP contribution < -0.4 is 10.6 Å². The lowest BCUT2D eigenvalue weighted by atomic mass is 10.2. The number of nitrogens with one attached hydrogen (secondary N) is 2. The molecule has 10 heteroatoms. The minimum Gasteiger partial charge on any atom is -0.462 e. The van der Waals surface area contributed by atoms with Crippen LogP contribution in [0.5, 0.6) is 0 Å². The van der Waals surface area contributed by atoms with E-state index in [0.717, 1.165) is 12.8 Å². The Hall–Kier alpha value is -2.95. The van der Waals surface area contributed by atoms with Crippen molar-refractivity contribution in [1.82, 2.24) is 4.31 Å². The molecular weight excluding hydrogens is 470 g/mol. The number of esters is 1. The van der Waals surface area contributed by atoms with Crippen LogP contribution in [0.15, 0.2) is 53.4 Å². The number of carbonyl (C=O) groups excluding carboxylic acids is 2. The molecule has 3 rings (SSSR count). The van der Waals surface area contributed by atoms with E-state index >= 15 is 0 Å². The number of hydrogen-bond acceptors (Lipinski definition) is 7. The zero-order valence-corrected chi connectivity index (χ0v) is 21.1. The molecule has 35 heavy (non-hydrogen) atoms. The van der Waals surface area contributed by atoms with Crippen molar-refractivity contribution < 1.29 is 27.5 Å². The number of anilines is 2. The van der Waals surface area contributed by atoms with Crippen molar-refractivity contribution >= 4 is 33.3 Å².